The molecule has 0 aliphatic carbocycles. The summed E-state index contributed by atoms with van der Waals surface area (Å²) in [5, 5.41) is 17.0. The summed E-state index contributed by atoms with van der Waals surface area (Å²) in [5.41, 5.74) is 1.21. The Labute approximate surface area is 131 Å². The number of aliphatic hydroxyl groups is 1. The van der Waals surface area contributed by atoms with E-state index < -0.39 is 0 Å². The Kier molecular flexibility index (Phi) is 5.93. The molecule has 0 amide bonds. The maximum Gasteiger partial charge on any atom is 0.118 e. The lowest BCUT2D eigenvalue weighted by molar-refractivity contribution is 0.129. The molecule has 1 aromatic carbocycles. The van der Waals surface area contributed by atoms with Crippen LogP contribution in [0.3, 0.4) is 0 Å². The van der Waals surface area contributed by atoms with Crippen molar-refractivity contribution in [3.05, 3.63) is 29.8 Å². The summed E-state index contributed by atoms with van der Waals surface area (Å²) in [4.78, 5) is 0. The van der Waals surface area contributed by atoms with E-state index in [0.717, 1.165) is 23.8 Å². The zero-order valence-corrected chi connectivity index (χ0v) is 13.9. The van der Waals surface area contributed by atoms with E-state index in [4.69, 9.17) is 4.74 Å². The molecule has 0 aromatic heterocycles. The molecule has 1 heterocycles. The first kappa shape index (κ1) is 16.6. The van der Waals surface area contributed by atoms with Crippen molar-refractivity contribution in [2.24, 2.45) is 0 Å². The Morgan fingerprint density at radius 2 is 2.14 bits per heavy atom. The van der Waals surface area contributed by atoms with E-state index in [1.54, 1.807) is 7.11 Å². The predicted octanol–water partition coefficient (Wildman–Crippen LogP) is 1.63. The van der Waals surface area contributed by atoms with Crippen molar-refractivity contribution in [1.29, 1.82) is 0 Å². The highest BCUT2D eigenvalue weighted by atomic mass is 32.2. The Bertz CT molecular complexity index is 430. The van der Waals surface area contributed by atoms with E-state index in [9.17, 15) is 5.11 Å². The van der Waals surface area contributed by atoms with Crippen molar-refractivity contribution >= 4 is 11.8 Å². The molecule has 5 heteroatoms. The van der Waals surface area contributed by atoms with Gasteiger partial charge in [0.1, 0.15) is 5.75 Å². The van der Waals surface area contributed by atoms with Crippen LogP contribution in [0.15, 0.2) is 24.3 Å². The second-order valence-corrected chi connectivity index (χ2v) is 7.21. The molecular formula is C16H26N2O2S. The number of hydrogen-bond donors (Lipinski definition) is 3. The first-order valence-corrected chi connectivity index (χ1v) is 8.53. The Morgan fingerprint density at radius 1 is 1.43 bits per heavy atom. The molecule has 0 saturated carbocycles. The fourth-order valence-electron chi connectivity index (χ4n) is 2.50. The molecule has 0 bridgehead atoms. The molecule has 0 radical (unpaired) electrons. The molecular weight excluding hydrogens is 284 g/mol. The lowest BCUT2D eigenvalue weighted by atomic mass is 9.94. The normalized spacial score (nSPS) is 20.5. The molecule has 118 valence electrons. The van der Waals surface area contributed by atoms with Gasteiger partial charge in [0, 0.05) is 29.8 Å². The van der Waals surface area contributed by atoms with E-state index in [1.165, 1.54) is 5.56 Å². The molecule has 2 rings (SSSR count). The van der Waals surface area contributed by atoms with Gasteiger partial charge in [-0.25, -0.2) is 0 Å². The summed E-state index contributed by atoms with van der Waals surface area (Å²) < 4.78 is 5.18. The quantitative estimate of drug-likeness (QED) is 0.715. The average molecular weight is 310 g/mol. The highest BCUT2D eigenvalue weighted by molar-refractivity contribution is 7.99. The second-order valence-electron chi connectivity index (χ2n) is 6.18. The van der Waals surface area contributed by atoms with Crippen LogP contribution in [0.4, 0.5) is 0 Å². The van der Waals surface area contributed by atoms with Gasteiger partial charge in [-0.1, -0.05) is 12.1 Å². The Hall–Kier alpha value is -0.750. The minimum absolute atomic E-state index is 0.0543. The van der Waals surface area contributed by atoms with Crippen LogP contribution in [0.1, 0.15) is 19.4 Å². The van der Waals surface area contributed by atoms with Crippen LogP contribution in [-0.4, -0.2) is 48.1 Å². The molecule has 1 saturated heterocycles. The molecule has 1 aliphatic rings. The molecule has 1 fully saturated rings. The molecule has 2 unspecified atom stereocenters. The van der Waals surface area contributed by atoms with Gasteiger partial charge < -0.3 is 20.5 Å². The SMILES string of the molecule is COc1ccc(CC(C)(C)NCC(O)C2CSCN2)cc1. The van der Waals surface area contributed by atoms with Crippen molar-refractivity contribution in [1.82, 2.24) is 10.6 Å². The predicted molar refractivity (Wildman–Crippen MR) is 89.0 cm³/mol. The number of benzene rings is 1. The highest BCUT2D eigenvalue weighted by Gasteiger charge is 2.25. The molecule has 3 N–H and O–H groups in total. The van der Waals surface area contributed by atoms with E-state index in [2.05, 4.69) is 36.6 Å². The zero-order valence-electron chi connectivity index (χ0n) is 13.1. The number of aliphatic hydroxyl groups excluding tert-OH is 1. The number of β-amino-alcohol motifs (C(OH)–C–C–N with tert-alkyl or cyclic N) is 1. The van der Waals surface area contributed by atoms with Crippen LogP contribution in [0.2, 0.25) is 0 Å². The lowest BCUT2D eigenvalue weighted by Crippen LogP contribution is -2.50. The van der Waals surface area contributed by atoms with Crippen molar-refractivity contribution < 1.29 is 9.84 Å². The van der Waals surface area contributed by atoms with Crippen LogP contribution >= 0.6 is 11.8 Å². The third kappa shape index (κ3) is 5.18. The van der Waals surface area contributed by atoms with Crippen LogP contribution < -0.4 is 15.4 Å². The lowest BCUT2D eigenvalue weighted by Gasteiger charge is -2.29. The zero-order chi connectivity index (χ0) is 15.3. The second kappa shape index (κ2) is 7.49. The number of methoxy groups -OCH3 is 1. The van der Waals surface area contributed by atoms with Crippen molar-refractivity contribution in [3.8, 4) is 5.75 Å². The minimum Gasteiger partial charge on any atom is -0.497 e. The summed E-state index contributed by atoms with van der Waals surface area (Å²) in [5.74, 6) is 2.81. The first-order valence-electron chi connectivity index (χ1n) is 7.37. The van der Waals surface area contributed by atoms with Crippen molar-refractivity contribution in [2.75, 3.05) is 25.3 Å². The van der Waals surface area contributed by atoms with Crippen LogP contribution in [0.25, 0.3) is 0 Å². The van der Waals surface area contributed by atoms with Gasteiger partial charge in [0.2, 0.25) is 0 Å². The maximum absolute atomic E-state index is 10.2. The van der Waals surface area contributed by atoms with Gasteiger partial charge in [-0.15, -0.1) is 11.8 Å². The highest BCUT2D eigenvalue weighted by Crippen LogP contribution is 2.17. The number of rotatable bonds is 7. The third-order valence-electron chi connectivity index (χ3n) is 3.80. The summed E-state index contributed by atoms with van der Waals surface area (Å²) >= 11 is 1.84. The van der Waals surface area contributed by atoms with Crippen LogP contribution in [0, 0.1) is 0 Å². The topological polar surface area (TPSA) is 53.5 Å². The number of hydrogen-bond acceptors (Lipinski definition) is 5. The molecule has 1 aromatic rings. The summed E-state index contributed by atoms with van der Waals surface area (Å²) in [6.07, 6.45) is 0.575. The standard InChI is InChI=1S/C16H26N2O2S/c1-16(2,8-12-4-6-13(20-3)7-5-12)18-9-15(19)14-10-21-11-17-14/h4-7,14-15,17-19H,8-11H2,1-3H3. The van der Waals surface area contributed by atoms with Gasteiger partial charge >= 0.3 is 0 Å². The summed E-state index contributed by atoms with van der Waals surface area (Å²) in [7, 11) is 1.68. The van der Waals surface area contributed by atoms with Crippen molar-refractivity contribution in [2.45, 2.75) is 38.0 Å². The summed E-state index contributed by atoms with van der Waals surface area (Å²) in [6, 6.07) is 8.36. The Balaban J connectivity index is 1.82. The van der Waals surface area contributed by atoms with E-state index >= 15 is 0 Å². The number of ether oxygens (including phenoxy) is 1. The third-order valence-corrected chi connectivity index (χ3v) is 4.77. The first-order chi connectivity index (χ1) is 10.00. The largest absolute Gasteiger partial charge is 0.497 e. The van der Waals surface area contributed by atoms with Gasteiger partial charge in [0.15, 0.2) is 0 Å². The molecule has 21 heavy (non-hydrogen) atoms. The fraction of sp³-hybridized carbons (Fsp3) is 0.625. The molecule has 0 spiro atoms. The number of nitrogens with one attached hydrogen (secondary N) is 2. The fourth-order valence-corrected chi connectivity index (χ4v) is 3.54. The minimum atomic E-state index is -0.338. The van der Waals surface area contributed by atoms with Crippen LogP contribution in [0.5, 0.6) is 5.75 Å². The monoisotopic (exact) mass is 310 g/mol. The average Bonchev–Trinajstić information content (AvgIpc) is 2.99. The van der Waals surface area contributed by atoms with Gasteiger partial charge in [-0.3, -0.25) is 0 Å². The number of thioether (sulfide) groups is 1. The smallest absolute Gasteiger partial charge is 0.118 e. The van der Waals surface area contributed by atoms with Gasteiger partial charge in [-0.2, -0.15) is 0 Å². The Morgan fingerprint density at radius 3 is 2.71 bits per heavy atom. The van der Waals surface area contributed by atoms with Crippen LogP contribution in [-0.2, 0) is 6.42 Å². The maximum atomic E-state index is 10.2. The molecule has 4 nitrogen and oxygen atoms in total. The van der Waals surface area contributed by atoms with E-state index in [-0.39, 0.29) is 17.7 Å². The molecule has 2 atom stereocenters. The van der Waals surface area contributed by atoms with Gasteiger partial charge in [-0.05, 0) is 38.0 Å². The van der Waals surface area contributed by atoms with Crippen molar-refractivity contribution in [3.63, 3.8) is 0 Å². The van der Waals surface area contributed by atoms with E-state index in [1.807, 2.05) is 23.9 Å². The van der Waals surface area contributed by atoms with Gasteiger partial charge in [0.25, 0.3) is 0 Å². The summed E-state index contributed by atoms with van der Waals surface area (Å²) in [6.45, 7) is 4.95. The van der Waals surface area contributed by atoms with Gasteiger partial charge in [0.05, 0.1) is 13.2 Å². The molecule has 1 aliphatic heterocycles. The van der Waals surface area contributed by atoms with E-state index in [0.29, 0.717) is 6.54 Å².